The fraction of sp³-hybridized carbons (Fsp3) is 0.200. The van der Waals surface area contributed by atoms with Crippen LogP contribution in [0.3, 0.4) is 0 Å². The van der Waals surface area contributed by atoms with Crippen molar-refractivity contribution in [1.82, 2.24) is 4.98 Å². The third-order valence-electron chi connectivity index (χ3n) is 4.16. The molecule has 28 heavy (non-hydrogen) atoms. The number of nitrogens with zero attached hydrogens (tertiary/aromatic N) is 1. The summed E-state index contributed by atoms with van der Waals surface area (Å²) in [6, 6.07) is 12.2. The Morgan fingerprint density at radius 2 is 1.86 bits per heavy atom. The van der Waals surface area contributed by atoms with Crippen molar-refractivity contribution in [2.45, 2.75) is 19.1 Å². The van der Waals surface area contributed by atoms with Gasteiger partial charge in [-0.2, -0.15) is 0 Å². The fourth-order valence-electron chi connectivity index (χ4n) is 2.67. The molecular formula is C20H19ClFN3O3. The van der Waals surface area contributed by atoms with Gasteiger partial charge < -0.3 is 20.8 Å². The number of carbonyl (C=O) groups is 1. The molecule has 3 rings (SSSR count). The predicted molar refractivity (Wildman–Crippen MR) is 107 cm³/mol. The molecule has 1 aromatic heterocycles. The number of nitrogens with one attached hydrogen (secondary N) is 2. The zero-order valence-corrected chi connectivity index (χ0v) is 15.7. The van der Waals surface area contributed by atoms with Crippen LogP contribution in [0.2, 0.25) is 5.02 Å². The summed E-state index contributed by atoms with van der Waals surface area (Å²) in [6.45, 7) is 1.43. The van der Waals surface area contributed by atoms with Crippen molar-refractivity contribution in [3.8, 4) is 0 Å². The van der Waals surface area contributed by atoms with Gasteiger partial charge in [-0.15, -0.1) is 0 Å². The first-order valence-electron chi connectivity index (χ1n) is 8.59. The van der Waals surface area contributed by atoms with E-state index in [0.29, 0.717) is 33.0 Å². The molecule has 2 unspecified atom stereocenters. The second-order valence-corrected chi connectivity index (χ2v) is 6.73. The van der Waals surface area contributed by atoms with Crippen molar-refractivity contribution < 1.29 is 19.4 Å². The number of pyridine rings is 1. The Labute approximate surface area is 166 Å². The molecule has 6 nitrogen and oxygen atoms in total. The number of aromatic nitrogens is 1. The van der Waals surface area contributed by atoms with Crippen LogP contribution in [0.15, 0.2) is 48.5 Å². The number of halogens is 2. The zero-order chi connectivity index (χ0) is 20.3. The Morgan fingerprint density at radius 3 is 2.54 bits per heavy atom. The van der Waals surface area contributed by atoms with E-state index in [1.807, 2.05) is 0 Å². The van der Waals surface area contributed by atoms with Gasteiger partial charge in [0.1, 0.15) is 11.9 Å². The molecule has 0 saturated heterocycles. The van der Waals surface area contributed by atoms with Gasteiger partial charge in [-0.05, 0) is 55.5 Å². The van der Waals surface area contributed by atoms with Crippen LogP contribution in [0, 0.1) is 5.82 Å². The molecule has 146 valence electrons. The highest BCUT2D eigenvalue weighted by Crippen LogP contribution is 2.31. The Balaban J connectivity index is 1.78. The van der Waals surface area contributed by atoms with Gasteiger partial charge in [0.25, 0.3) is 0 Å². The summed E-state index contributed by atoms with van der Waals surface area (Å²) in [5, 5.41) is 26.1. The van der Waals surface area contributed by atoms with Gasteiger partial charge in [-0.25, -0.2) is 9.37 Å². The molecule has 0 fully saturated rings. The Hall–Kier alpha value is -2.74. The number of aliphatic hydroxyl groups is 2. The summed E-state index contributed by atoms with van der Waals surface area (Å²) in [7, 11) is 0. The third-order valence-corrected chi connectivity index (χ3v) is 4.48. The van der Waals surface area contributed by atoms with Crippen molar-refractivity contribution in [2.24, 2.45) is 0 Å². The first-order chi connectivity index (χ1) is 13.3. The lowest BCUT2D eigenvalue weighted by atomic mass is 10.1. The molecule has 0 saturated carbocycles. The Kier molecular flexibility index (Phi) is 6.08. The van der Waals surface area contributed by atoms with Crippen LogP contribution in [0.25, 0.3) is 10.9 Å². The molecular weight excluding hydrogens is 385 g/mol. The van der Waals surface area contributed by atoms with Gasteiger partial charge in [-0.1, -0.05) is 11.6 Å². The molecule has 1 amide bonds. The van der Waals surface area contributed by atoms with E-state index in [-0.39, 0.29) is 18.3 Å². The molecule has 4 N–H and O–H groups in total. The molecule has 2 atom stereocenters. The predicted octanol–water partition coefficient (Wildman–Crippen LogP) is 3.49. The topological polar surface area (TPSA) is 94.5 Å². The maximum atomic E-state index is 12.9. The van der Waals surface area contributed by atoms with E-state index in [4.69, 9.17) is 11.6 Å². The highest BCUT2D eigenvalue weighted by Gasteiger charge is 2.17. The lowest BCUT2D eigenvalue weighted by Crippen LogP contribution is -2.22. The van der Waals surface area contributed by atoms with Crippen molar-refractivity contribution in [2.75, 3.05) is 17.2 Å². The standard InChI is InChI=1S/C20H19ClFN3O3/c1-11(26)20(28)17-8-6-14-16(24-17)9-7-15(21)19(14)25-18(27)10-23-13-4-2-12(22)3-5-13/h2-9,11,20,23,26,28H,10H2,1H3,(H,25,27). The maximum absolute atomic E-state index is 12.9. The third kappa shape index (κ3) is 4.56. The highest BCUT2D eigenvalue weighted by molar-refractivity contribution is 6.35. The van der Waals surface area contributed by atoms with Crippen LogP contribution in [0.1, 0.15) is 18.7 Å². The lowest BCUT2D eigenvalue weighted by Gasteiger charge is -2.15. The van der Waals surface area contributed by atoms with E-state index in [9.17, 15) is 19.4 Å². The number of carbonyl (C=O) groups excluding carboxylic acids is 1. The van der Waals surface area contributed by atoms with Crippen molar-refractivity contribution in [1.29, 1.82) is 0 Å². The molecule has 3 aromatic rings. The van der Waals surface area contributed by atoms with Crippen molar-refractivity contribution >= 4 is 39.8 Å². The van der Waals surface area contributed by atoms with Gasteiger partial charge >= 0.3 is 0 Å². The van der Waals surface area contributed by atoms with Crippen LogP contribution in [0.4, 0.5) is 15.8 Å². The lowest BCUT2D eigenvalue weighted by molar-refractivity contribution is -0.114. The molecule has 1 heterocycles. The van der Waals surface area contributed by atoms with E-state index in [0.717, 1.165) is 0 Å². The minimum Gasteiger partial charge on any atom is -0.390 e. The molecule has 0 radical (unpaired) electrons. The molecule has 8 heteroatoms. The molecule has 0 aliphatic carbocycles. The number of rotatable bonds is 6. The van der Waals surface area contributed by atoms with E-state index in [2.05, 4.69) is 15.6 Å². The summed E-state index contributed by atoms with van der Waals surface area (Å²) in [5.41, 5.74) is 1.85. The van der Waals surface area contributed by atoms with E-state index < -0.39 is 12.2 Å². The van der Waals surface area contributed by atoms with E-state index in [1.165, 1.54) is 31.2 Å². The van der Waals surface area contributed by atoms with Crippen LogP contribution < -0.4 is 10.6 Å². The van der Waals surface area contributed by atoms with Crippen molar-refractivity contribution in [3.63, 3.8) is 0 Å². The molecule has 0 aliphatic rings. The number of benzene rings is 2. The average Bonchev–Trinajstić information content (AvgIpc) is 2.68. The van der Waals surface area contributed by atoms with Gasteiger partial charge in [-0.3, -0.25) is 4.79 Å². The molecule has 0 aliphatic heterocycles. The van der Waals surface area contributed by atoms with E-state index >= 15 is 0 Å². The minimum atomic E-state index is -1.11. The number of anilines is 2. The largest absolute Gasteiger partial charge is 0.390 e. The minimum absolute atomic E-state index is 0.0371. The second kappa shape index (κ2) is 8.52. The normalized spacial score (nSPS) is 13.2. The number of aliphatic hydroxyl groups excluding tert-OH is 2. The fourth-order valence-corrected chi connectivity index (χ4v) is 2.88. The SMILES string of the molecule is CC(O)C(O)c1ccc2c(NC(=O)CNc3ccc(F)cc3)c(Cl)ccc2n1. The quantitative estimate of drug-likeness (QED) is 0.505. The second-order valence-electron chi connectivity index (χ2n) is 6.32. The number of hydrogen-bond donors (Lipinski definition) is 4. The smallest absolute Gasteiger partial charge is 0.243 e. The number of amides is 1. The maximum Gasteiger partial charge on any atom is 0.243 e. The summed E-state index contributed by atoms with van der Waals surface area (Å²) in [5.74, 6) is -0.697. The van der Waals surface area contributed by atoms with Crippen LogP contribution in [0.5, 0.6) is 0 Å². The average molecular weight is 404 g/mol. The first-order valence-corrected chi connectivity index (χ1v) is 8.97. The highest BCUT2D eigenvalue weighted by atomic mass is 35.5. The zero-order valence-electron chi connectivity index (χ0n) is 15.0. The van der Waals surface area contributed by atoms with E-state index in [1.54, 1.807) is 24.3 Å². The Morgan fingerprint density at radius 1 is 1.14 bits per heavy atom. The monoisotopic (exact) mass is 403 g/mol. The summed E-state index contributed by atoms with van der Waals surface area (Å²) >= 11 is 6.24. The van der Waals surface area contributed by atoms with Crippen molar-refractivity contribution in [3.05, 3.63) is 65.1 Å². The molecule has 2 aromatic carbocycles. The molecule has 0 spiro atoms. The van der Waals surface area contributed by atoms with Gasteiger partial charge in [0.15, 0.2) is 0 Å². The summed E-state index contributed by atoms with van der Waals surface area (Å²) < 4.78 is 12.9. The van der Waals surface area contributed by atoms with Crippen LogP contribution in [-0.4, -0.2) is 33.8 Å². The first kappa shape index (κ1) is 20.0. The number of hydrogen-bond acceptors (Lipinski definition) is 5. The Bertz CT molecular complexity index is 996. The van der Waals surface area contributed by atoms with Gasteiger partial charge in [0, 0.05) is 11.1 Å². The molecule has 0 bridgehead atoms. The number of fused-ring (bicyclic) bond motifs is 1. The van der Waals surface area contributed by atoms with Crippen LogP contribution >= 0.6 is 11.6 Å². The van der Waals surface area contributed by atoms with Gasteiger partial charge in [0.2, 0.25) is 5.91 Å². The summed E-state index contributed by atoms with van der Waals surface area (Å²) in [4.78, 5) is 16.6. The van der Waals surface area contributed by atoms with Gasteiger partial charge in [0.05, 0.1) is 34.6 Å². The van der Waals surface area contributed by atoms with Crippen LogP contribution in [-0.2, 0) is 4.79 Å². The summed E-state index contributed by atoms with van der Waals surface area (Å²) in [6.07, 6.45) is -2.08.